The summed E-state index contributed by atoms with van der Waals surface area (Å²) in [5.41, 5.74) is 0.332. The molecule has 0 aliphatic carbocycles. The number of nitrogens with zero attached hydrogens (tertiary/aromatic N) is 2. The molecule has 0 spiro atoms. The summed E-state index contributed by atoms with van der Waals surface area (Å²) in [5.74, 6) is -3.08. The molecule has 2 aromatic heterocycles. The van der Waals surface area contributed by atoms with Gasteiger partial charge in [-0.25, -0.2) is 0 Å². The Morgan fingerprint density at radius 1 is 0.958 bits per heavy atom. The van der Waals surface area contributed by atoms with Gasteiger partial charge in [-0.1, -0.05) is 0 Å². The second-order valence-electron chi connectivity index (χ2n) is 4.61. The first-order valence-electron chi connectivity index (χ1n) is 6.76. The Balaban J connectivity index is 2.13. The van der Waals surface area contributed by atoms with Gasteiger partial charge in [0.1, 0.15) is 0 Å². The third kappa shape index (κ3) is 3.22. The summed E-state index contributed by atoms with van der Waals surface area (Å²) < 4.78 is 29.2. The molecule has 3 rings (SSSR count). The molecule has 0 fully saturated rings. The summed E-state index contributed by atoms with van der Waals surface area (Å²) in [6, 6.07) is 10.8. The molecule has 122 valence electrons. The van der Waals surface area contributed by atoms with Crippen molar-refractivity contribution in [3.8, 4) is 11.3 Å². The van der Waals surface area contributed by atoms with Crippen LogP contribution in [0.2, 0.25) is 0 Å². The molecule has 0 aliphatic rings. The fourth-order valence-electron chi connectivity index (χ4n) is 2.02. The van der Waals surface area contributed by atoms with Crippen LogP contribution < -0.4 is 8.15 Å². The van der Waals surface area contributed by atoms with Gasteiger partial charge in [0.2, 0.25) is 0 Å². The van der Waals surface area contributed by atoms with E-state index < -0.39 is 35.3 Å². The van der Waals surface area contributed by atoms with Gasteiger partial charge in [0.15, 0.2) is 0 Å². The van der Waals surface area contributed by atoms with Gasteiger partial charge in [-0.15, -0.1) is 0 Å². The van der Waals surface area contributed by atoms with Gasteiger partial charge < -0.3 is 0 Å². The van der Waals surface area contributed by atoms with Gasteiger partial charge in [0.05, 0.1) is 0 Å². The molecule has 0 saturated heterocycles. The third-order valence-corrected chi connectivity index (χ3v) is 6.32. The SMILES string of the molecule is O=C(O)c1nccc[c]1[Ir+][c]1ccc(F)c(F)c1-c1ccccn1. The molecule has 4 nitrogen and oxygen atoms in total. The summed E-state index contributed by atoms with van der Waals surface area (Å²) in [5, 5.41) is 9.24. The van der Waals surface area contributed by atoms with Gasteiger partial charge >= 0.3 is 144 Å². The minimum absolute atomic E-state index is 0.0609. The molecule has 0 saturated carbocycles. The van der Waals surface area contributed by atoms with Crippen LogP contribution in [0.15, 0.2) is 54.9 Å². The predicted molar refractivity (Wildman–Crippen MR) is 80.1 cm³/mol. The number of carbonyl (C=O) groups is 1. The van der Waals surface area contributed by atoms with Crippen molar-refractivity contribution in [2.45, 2.75) is 0 Å². The summed E-state index contributed by atoms with van der Waals surface area (Å²) >= 11 is -1.26. The minimum atomic E-state index is -1.26. The Kier molecular flexibility index (Phi) is 4.73. The Bertz CT molecular complexity index is 904. The maximum absolute atomic E-state index is 14.4. The molecule has 0 radical (unpaired) electrons. The number of carboxylic acid groups (broad SMARTS) is 1. The third-order valence-electron chi connectivity index (χ3n) is 3.07. The van der Waals surface area contributed by atoms with Crippen molar-refractivity contribution in [1.82, 2.24) is 9.97 Å². The Labute approximate surface area is 144 Å². The average molecular weight is 504 g/mol. The van der Waals surface area contributed by atoms with E-state index in [1.54, 1.807) is 30.3 Å². The molecule has 0 amide bonds. The van der Waals surface area contributed by atoms with Crippen LogP contribution in [-0.2, 0) is 17.7 Å². The van der Waals surface area contributed by atoms with Crippen LogP contribution in [0.3, 0.4) is 0 Å². The van der Waals surface area contributed by atoms with Crippen molar-refractivity contribution >= 4 is 14.1 Å². The summed E-state index contributed by atoms with van der Waals surface area (Å²) in [6.07, 6.45) is 2.89. The number of halogens is 2. The molecule has 7 heteroatoms. The van der Waals surface area contributed by atoms with E-state index >= 15 is 0 Å². The van der Waals surface area contributed by atoms with Gasteiger partial charge in [-0.3, -0.25) is 0 Å². The number of aromatic nitrogens is 2. The first-order chi connectivity index (χ1) is 11.6. The number of hydrogen-bond donors (Lipinski definition) is 1. The van der Waals surface area contributed by atoms with Gasteiger partial charge in [0.25, 0.3) is 0 Å². The van der Waals surface area contributed by atoms with E-state index in [0.29, 0.717) is 13.8 Å². The molecule has 3 aromatic rings. The number of rotatable bonds is 4. The van der Waals surface area contributed by atoms with E-state index in [2.05, 4.69) is 9.97 Å². The predicted octanol–water partition coefficient (Wildman–Crippen LogP) is 2.15. The van der Waals surface area contributed by atoms with Gasteiger partial charge in [-0.2, -0.15) is 0 Å². The van der Waals surface area contributed by atoms with Crippen LogP contribution in [0.5, 0.6) is 0 Å². The van der Waals surface area contributed by atoms with Crippen LogP contribution >= 0.6 is 0 Å². The van der Waals surface area contributed by atoms with Gasteiger partial charge in [0, 0.05) is 0 Å². The van der Waals surface area contributed by atoms with Crippen LogP contribution in [0.25, 0.3) is 11.3 Å². The number of aromatic carboxylic acids is 1. The van der Waals surface area contributed by atoms with Crippen LogP contribution in [0.4, 0.5) is 8.78 Å². The fraction of sp³-hybridized carbons (Fsp3) is 0. The number of pyridine rings is 2. The molecule has 1 N–H and O–H groups in total. The molecule has 0 bridgehead atoms. The van der Waals surface area contributed by atoms with Crippen molar-refractivity contribution < 1.29 is 36.4 Å². The van der Waals surface area contributed by atoms with Crippen molar-refractivity contribution in [3.05, 3.63) is 72.2 Å². The zero-order valence-corrected chi connectivity index (χ0v) is 14.4. The van der Waals surface area contributed by atoms with E-state index in [0.717, 1.165) is 6.07 Å². The first-order valence-corrected chi connectivity index (χ1v) is 9.15. The molecular formula is C17H10F2IrN2O2+. The normalized spacial score (nSPS) is 10.8. The number of carboxylic acids is 1. The zero-order chi connectivity index (χ0) is 17.1. The molecule has 24 heavy (non-hydrogen) atoms. The average Bonchev–Trinajstić information content (AvgIpc) is 2.59. The van der Waals surface area contributed by atoms with E-state index in [9.17, 15) is 18.7 Å². The van der Waals surface area contributed by atoms with Crippen LogP contribution in [0.1, 0.15) is 10.5 Å². The molecule has 1 aromatic carbocycles. The monoisotopic (exact) mass is 505 g/mol. The summed E-state index contributed by atoms with van der Waals surface area (Å²) in [6.45, 7) is 0. The van der Waals surface area contributed by atoms with Crippen molar-refractivity contribution in [3.63, 3.8) is 0 Å². The molecular weight excluding hydrogens is 494 g/mol. The molecule has 2 heterocycles. The quantitative estimate of drug-likeness (QED) is 0.592. The van der Waals surface area contributed by atoms with Crippen molar-refractivity contribution in [2.75, 3.05) is 0 Å². The topological polar surface area (TPSA) is 63.1 Å². The van der Waals surface area contributed by atoms with E-state index in [4.69, 9.17) is 0 Å². The van der Waals surface area contributed by atoms with Gasteiger partial charge in [-0.05, 0) is 0 Å². The van der Waals surface area contributed by atoms with E-state index in [1.165, 1.54) is 18.5 Å². The van der Waals surface area contributed by atoms with E-state index in [-0.39, 0.29) is 11.3 Å². The Morgan fingerprint density at radius 2 is 1.75 bits per heavy atom. The summed E-state index contributed by atoms with van der Waals surface area (Å²) in [7, 11) is 0. The van der Waals surface area contributed by atoms with Crippen molar-refractivity contribution in [1.29, 1.82) is 0 Å². The second kappa shape index (κ2) is 6.95. The Hall–Kier alpha value is -2.50. The zero-order valence-electron chi connectivity index (χ0n) is 12.0. The number of benzene rings is 1. The van der Waals surface area contributed by atoms with Crippen LogP contribution in [-0.4, -0.2) is 21.0 Å². The molecule has 0 unspecified atom stereocenters. The second-order valence-corrected chi connectivity index (χ2v) is 7.79. The molecule has 0 atom stereocenters. The standard InChI is InChI=1S/C11H6F2N.C6H4NO2.Ir/c12-9-5-3-4-8(11(9)13)10-6-1-2-7-14-10;8-6(9)5-3-1-2-4-7-5;/h1-3,5-7H;1-2,4H,(H,8,9);/q;;+1. The summed E-state index contributed by atoms with van der Waals surface area (Å²) in [4.78, 5) is 19.3. The van der Waals surface area contributed by atoms with Crippen molar-refractivity contribution in [2.24, 2.45) is 0 Å². The van der Waals surface area contributed by atoms with E-state index in [1.807, 2.05) is 0 Å². The number of hydrogen-bond acceptors (Lipinski definition) is 3. The molecule has 0 aliphatic heterocycles. The van der Waals surface area contributed by atoms with Crippen LogP contribution in [0, 0.1) is 11.6 Å². The fourth-order valence-corrected chi connectivity index (χ4v) is 5.11. The Morgan fingerprint density at radius 3 is 2.46 bits per heavy atom. The first kappa shape index (κ1) is 16.4. The maximum atomic E-state index is 14.4.